The SMILES string of the molecule is CC(C)C.CCC(c1n[nH]c(=O)o1)[N+](C)(C)S(=O)(=O)N1CCC2(CC1)CC(=O)N(C)C2.Cc1ccc(C)c(C)c1. The number of benzene rings is 1. The molecule has 2 aromatic rings. The van der Waals surface area contributed by atoms with E-state index in [9.17, 15) is 18.0 Å². The van der Waals surface area contributed by atoms with Crippen LogP contribution in [0.5, 0.6) is 0 Å². The minimum Gasteiger partial charge on any atom is -0.386 e. The number of hydrogen-bond acceptors (Lipinski definition) is 6. The Labute approximate surface area is 240 Å². The maximum atomic E-state index is 13.4. The van der Waals surface area contributed by atoms with Crippen molar-refractivity contribution in [2.45, 2.75) is 80.2 Å². The van der Waals surface area contributed by atoms with Crippen LogP contribution in [0.15, 0.2) is 27.4 Å². The number of nitrogens with one attached hydrogen (secondary N) is 1. The van der Waals surface area contributed by atoms with Gasteiger partial charge in [0, 0.05) is 39.5 Å². The minimum atomic E-state index is -3.73. The third-order valence-electron chi connectivity index (χ3n) is 7.77. The molecule has 4 rings (SSSR count). The molecule has 2 aliphatic rings. The van der Waals surface area contributed by atoms with Gasteiger partial charge in [-0.15, -0.1) is 5.10 Å². The van der Waals surface area contributed by atoms with Gasteiger partial charge in [-0.05, 0) is 56.1 Å². The van der Waals surface area contributed by atoms with E-state index >= 15 is 0 Å². The van der Waals surface area contributed by atoms with Crippen molar-refractivity contribution in [3.05, 3.63) is 51.3 Å². The van der Waals surface area contributed by atoms with Gasteiger partial charge < -0.3 is 9.32 Å². The average molecular weight is 581 g/mol. The number of amides is 1. The van der Waals surface area contributed by atoms with Gasteiger partial charge in [0.1, 0.15) is 0 Å². The number of nitrogens with zero attached hydrogens (tertiary/aromatic N) is 4. The summed E-state index contributed by atoms with van der Waals surface area (Å²) in [6, 6.07) is 5.89. The van der Waals surface area contributed by atoms with Crippen molar-refractivity contribution in [1.29, 1.82) is 0 Å². The summed E-state index contributed by atoms with van der Waals surface area (Å²) in [6.45, 7) is 16.2. The molecule has 0 radical (unpaired) electrons. The van der Waals surface area contributed by atoms with Crippen LogP contribution in [0, 0.1) is 32.1 Å². The summed E-state index contributed by atoms with van der Waals surface area (Å²) in [5.41, 5.74) is 3.99. The highest BCUT2D eigenvalue weighted by Crippen LogP contribution is 2.42. The zero-order chi connectivity index (χ0) is 30.5. The summed E-state index contributed by atoms with van der Waals surface area (Å²) in [7, 11) is 1.25. The van der Waals surface area contributed by atoms with E-state index in [4.69, 9.17) is 4.42 Å². The predicted octanol–water partition coefficient (Wildman–Crippen LogP) is 4.35. The van der Waals surface area contributed by atoms with Crippen LogP contribution >= 0.6 is 0 Å². The first-order valence-electron chi connectivity index (χ1n) is 14.1. The van der Waals surface area contributed by atoms with E-state index in [2.05, 4.69) is 69.9 Å². The van der Waals surface area contributed by atoms with Crippen LogP contribution in [0.3, 0.4) is 0 Å². The van der Waals surface area contributed by atoms with Crippen molar-refractivity contribution in [2.75, 3.05) is 40.8 Å². The lowest BCUT2D eigenvalue weighted by atomic mass is 9.78. The third-order valence-corrected chi connectivity index (χ3v) is 10.2. The topological polar surface area (TPSA) is 117 Å². The molecule has 226 valence electrons. The summed E-state index contributed by atoms with van der Waals surface area (Å²) in [4.78, 5) is 25.0. The lowest BCUT2D eigenvalue weighted by Gasteiger charge is -2.42. The first kappa shape index (κ1) is 33.7. The van der Waals surface area contributed by atoms with Gasteiger partial charge in [-0.25, -0.2) is 9.89 Å². The van der Waals surface area contributed by atoms with E-state index in [0.29, 0.717) is 45.3 Å². The van der Waals surface area contributed by atoms with Gasteiger partial charge in [-0.2, -0.15) is 16.6 Å². The van der Waals surface area contributed by atoms with Gasteiger partial charge in [-0.3, -0.25) is 4.79 Å². The van der Waals surface area contributed by atoms with E-state index in [0.717, 1.165) is 5.92 Å². The number of quaternary nitrogens is 1. The van der Waals surface area contributed by atoms with E-state index in [-0.39, 0.29) is 21.1 Å². The quantitative estimate of drug-likeness (QED) is 0.526. The van der Waals surface area contributed by atoms with Crippen molar-refractivity contribution in [3.63, 3.8) is 0 Å². The van der Waals surface area contributed by atoms with Crippen molar-refractivity contribution in [1.82, 2.24) is 19.4 Å². The summed E-state index contributed by atoms with van der Waals surface area (Å²) in [5.74, 6) is 0.352. The van der Waals surface area contributed by atoms with E-state index in [1.165, 1.54) is 21.0 Å². The van der Waals surface area contributed by atoms with Crippen LogP contribution < -0.4 is 5.76 Å². The highest BCUT2D eigenvalue weighted by atomic mass is 32.2. The van der Waals surface area contributed by atoms with Gasteiger partial charge in [0.25, 0.3) is 5.89 Å². The summed E-state index contributed by atoms with van der Waals surface area (Å²) in [6.07, 6.45) is 2.26. The lowest BCUT2D eigenvalue weighted by molar-refractivity contribution is -0.803. The van der Waals surface area contributed by atoms with Gasteiger partial charge in [0.15, 0.2) is 6.04 Å². The van der Waals surface area contributed by atoms with Crippen molar-refractivity contribution >= 4 is 16.1 Å². The molecule has 40 heavy (non-hydrogen) atoms. The van der Waals surface area contributed by atoms with Crippen LogP contribution in [0.25, 0.3) is 0 Å². The first-order valence-corrected chi connectivity index (χ1v) is 15.5. The molecule has 1 aromatic heterocycles. The van der Waals surface area contributed by atoms with Crippen LogP contribution in [0.4, 0.5) is 0 Å². The fraction of sp³-hybridized carbons (Fsp3) is 0.690. The molecular weight excluding hydrogens is 530 g/mol. The Morgan fingerprint density at radius 2 is 1.65 bits per heavy atom. The highest BCUT2D eigenvalue weighted by Gasteiger charge is 2.51. The van der Waals surface area contributed by atoms with Crippen LogP contribution in [0.2, 0.25) is 0 Å². The van der Waals surface area contributed by atoms with Gasteiger partial charge in [-0.1, -0.05) is 51.5 Å². The van der Waals surface area contributed by atoms with Crippen LogP contribution in [-0.2, 0) is 15.0 Å². The van der Waals surface area contributed by atoms with Crippen LogP contribution in [0.1, 0.15) is 82.0 Å². The fourth-order valence-corrected chi connectivity index (χ4v) is 7.04. The van der Waals surface area contributed by atoms with Gasteiger partial charge in [0.05, 0.1) is 14.1 Å². The number of H-pyrrole nitrogens is 1. The smallest absolute Gasteiger partial charge is 0.386 e. The van der Waals surface area contributed by atoms with E-state index in [1.807, 2.05) is 6.92 Å². The molecule has 1 amide bonds. The molecule has 2 saturated heterocycles. The molecule has 1 N–H and O–H groups in total. The van der Waals surface area contributed by atoms with E-state index in [1.54, 1.807) is 26.0 Å². The third kappa shape index (κ3) is 8.04. The highest BCUT2D eigenvalue weighted by molar-refractivity contribution is 7.83. The number of carbonyl (C=O) groups is 1. The number of rotatable bonds is 5. The molecule has 11 heteroatoms. The summed E-state index contributed by atoms with van der Waals surface area (Å²) >= 11 is 0. The van der Waals surface area contributed by atoms with Gasteiger partial charge >= 0.3 is 16.0 Å². The standard InChI is InChI=1S/C16H27N5O5S.C9H12.C4H10/c1-5-12(14-17-18-15(23)26-14)21(3,4)27(24,25)20-8-6-16(7-9-20)10-13(22)19(2)11-16;1-7-4-5-8(2)9(3)6-7;1-4(2)3/h12H,5-11H2,1-4H3;4-6H,1-3H3;4H,1-3H3/p+1. The summed E-state index contributed by atoms with van der Waals surface area (Å²) in [5, 5.41) is 6.04. The first-order chi connectivity index (χ1) is 18.5. The molecule has 0 bridgehead atoms. The predicted molar refractivity (Wildman–Crippen MR) is 158 cm³/mol. The Bertz CT molecular complexity index is 1290. The maximum absolute atomic E-state index is 13.4. The van der Waals surface area contributed by atoms with Crippen LogP contribution in [-0.4, -0.2) is 78.4 Å². The Morgan fingerprint density at radius 3 is 2.05 bits per heavy atom. The zero-order valence-corrected chi connectivity index (χ0v) is 26.9. The molecular formula is C29H50N5O5S+. The number of piperidine rings is 1. The molecule has 1 aromatic carbocycles. The minimum absolute atomic E-state index is 0.0903. The second kappa shape index (κ2) is 13.4. The van der Waals surface area contributed by atoms with Crippen molar-refractivity contribution < 1.29 is 21.5 Å². The molecule has 0 saturated carbocycles. The summed E-state index contributed by atoms with van der Waals surface area (Å²) < 4.78 is 32.9. The van der Waals surface area contributed by atoms with Gasteiger partial charge in [0.2, 0.25) is 5.91 Å². The zero-order valence-electron chi connectivity index (χ0n) is 26.1. The largest absolute Gasteiger partial charge is 0.434 e. The number of hydrogen-bond donors (Lipinski definition) is 1. The Morgan fingerprint density at radius 1 is 1.07 bits per heavy atom. The number of carbonyl (C=O) groups excluding carboxylic acids is 1. The lowest BCUT2D eigenvalue weighted by Crippen LogP contribution is -2.57. The molecule has 0 aliphatic carbocycles. The second-order valence-corrected chi connectivity index (χ2v) is 14.8. The maximum Gasteiger partial charge on any atom is 0.434 e. The number of aryl methyl sites for hydroxylation is 3. The number of likely N-dealkylation sites (tertiary alicyclic amines) is 1. The molecule has 1 atom stereocenters. The molecule has 10 nitrogen and oxygen atoms in total. The fourth-order valence-electron chi connectivity index (χ4n) is 5.24. The average Bonchev–Trinajstić information content (AvgIpc) is 3.39. The normalized spacial score (nSPS) is 18.3. The molecule has 2 fully saturated rings. The Kier molecular flexibility index (Phi) is 11.3. The molecule has 3 heterocycles. The molecule has 1 spiro atoms. The Hall–Kier alpha value is -2.50. The van der Waals surface area contributed by atoms with Crippen molar-refractivity contribution in [2.24, 2.45) is 11.3 Å². The number of aromatic amines is 1. The Balaban J connectivity index is 0.000000356. The molecule has 1 unspecified atom stereocenters. The monoisotopic (exact) mass is 580 g/mol. The molecule has 2 aliphatic heterocycles. The van der Waals surface area contributed by atoms with Crippen molar-refractivity contribution in [3.8, 4) is 0 Å². The number of aromatic nitrogens is 2. The second-order valence-electron chi connectivity index (χ2n) is 12.4. The van der Waals surface area contributed by atoms with E-state index < -0.39 is 22.0 Å².